The van der Waals surface area contributed by atoms with Crippen LogP contribution in [0.1, 0.15) is 34.1 Å². The maximum absolute atomic E-state index is 13.6. The van der Waals surface area contributed by atoms with E-state index >= 15 is 0 Å². The summed E-state index contributed by atoms with van der Waals surface area (Å²) in [4.78, 5) is 42.7. The molecule has 0 saturated carbocycles. The molecule has 0 bridgehead atoms. The Morgan fingerprint density at radius 2 is 1.61 bits per heavy atom. The lowest BCUT2D eigenvalue weighted by Crippen LogP contribution is -2.40. The fourth-order valence-electron chi connectivity index (χ4n) is 4.44. The highest BCUT2D eigenvalue weighted by atomic mass is 32.1. The van der Waals surface area contributed by atoms with Crippen LogP contribution < -0.4 is 11.2 Å². The molecular weight excluding hydrogens is 434 g/mol. The molecule has 0 radical (unpaired) electrons. The highest BCUT2D eigenvalue weighted by Gasteiger charge is 2.27. The summed E-state index contributed by atoms with van der Waals surface area (Å²) in [5.74, 6) is 0.0247. The number of rotatable bonds is 4. The van der Waals surface area contributed by atoms with Crippen molar-refractivity contribution >= 4 is 27.5 Å². The van der Waals surface area contributed by atoms with Crippen molar-refractivity contribution in [3.8, 4) is 0 Å². The highest BCUT2D eigenvalue weighted by Crippen LogP contribution is 2.33. The fraction of sp³-hybridized carbons (Fsp3) is 0.269. The lowest BCUT2D eigenvalue weighted by molar-refractivity contribution is -0.129. The minimum Gasteiger partial charge on any atom is -0.337 e. The third kappa shape index (κ3) is 3.93. The van der Waals surface area contributed by atoms with E-state index in [-0.39, 0.29) is 23.7 Å². The van der Waals surface area contributed by atoms with Crippen molar-refractivity contribution in [3.63, 3.8) is 0 Å². The van der Waals surface area contributed by atoms with Crippen LogP contribution in [0.2, 0.25) is 0 Å². The summed E-state index contributed by atoms with van der Waals surface area (Å²) in [6.07, 6.45) is 0.623. The quantitative estimate of drug-likeness (QED) is 0.469. The molecule has 0 fully saturated rings. The summed E-state index contributed by atoms with van der Waals surface area (Å²) in [5, 5.41) is 0.626. The van der Waals surface area contributed by atoms with Crippen molar-refractivity contribution in [2.75, 3.05) is 6.54 Å². The Hall–Kier alpha value is -3.45. The van der Waals surface area contributed by atoms with E-state index in [2.05, 4.69) is 0 Å². The second kappa shape index (κ2) is 8.48. The normalized spacial score (nSPS) is 13.3. The lowest BCUT2D eigenvalue weighted by atomic mass is 10.1. The van der Waals surface area contributed by atoms with Crippen LogP contribution in [-0.2, 0) is 30.8 Å². The largest absolute Gasteiger partial charge is 0.337 e. The second-order valence-corrected chi connectivity index (χ2v) is 9.69. The molecule has 1 aliphatic heterocycles. The van der Waals surface area contributed by atoms with E-state index in [4.69, 9.17) is 0 Å². The molecule has 0 N–H and O–H groups in total. The van der Waals surface area contributed by atoms with Crippen LogP contribution in [-0.4, -0.2) is 26.5 Å². The van der Waals surface area contributed by atoms with Gasteiger partial charge in [0.1, 0.15) is 4.83 Å². The van der Waals surface area contributed by atoms with Crippen molar-refractivity contribution in [2.45, 2.75) is 39.9 Å². The average molecular weight is 460 g/mol. The summed E-state index contributed by atoms with van der Waals surface area (Å²) < 4.78 is 3.08. The van der Waals surface area contributed by atoms with Crippen molar-refractivity contribution in [1.82, 2.24) is 14.0 Å². The monoisotopic (exact) mass is 459 g/mol. The molecule has 0 spiro atoms. The van der Waals surface area contributed by atoms with Crippen LogP contribution in [0.5, 0.6) is 0 Å². The van der Waals surface area contributed by atoms with E-state index < -0.39 is 0 Å². The predicted molar refractivity (Wildman–Crippen MR) is 131 cm³/mol. The molecule has 7 heteroatoms. The maximum Gasteiger partial charge on any atom is 0.332 e. The molecule has 0 atom stereocenters. The number of hydrogen-bond acceptors (Lipinski definition) is 4. The number of fused-ring (bicyclic) bond motifs is 3. The number of aromatic nitrogens is 2. The number of hydrogen-bond donors (Lipinski definition) is 0. The van der Waals surface area contributed by atoms with Gasteiger partial charge in [0.05, 0.1) is 25.0 Å². The first-order valence-electron chi connectivity index (χ1n) is 11.0. The van der Waals surface area contributed by atoms with Gasteiger partial charge in [0.2, 0.25) is 5.91 Å². The van der Waals surface area contributed by atoms with E-state index in [1.807, 2.05) is 61.5 Å². The Kier molecular flexibility index (Phi) is 5.50. The molecule has 1 aliphatic rings. The second-order valence-electron chi connectivity index (χ2n) is 8.61. The van der Waals surface area contributed by atoms with Gasteiger partial charge in [0.25, 0.3) is 5.56 Å². The zero-order valence-electron chi connectivity index (χ0n) is 18.7. The van der Waals surface area contributed by atoms with Gasteiger partial charge in [0.15, 0.2) is 0 Å². The molecular formula is C26H25N3O3S. The van der Waals surface area contributed by atoms with Gasteiger partial charge in [-0.2, -0.15) is 0 Å². The molecule has 33 heavy (non-hydrogen) atoms. The van der Waals surface area contributed by atoms with Gasteiger partial charge >= 0.3 is 5.69 Å². The summed E-state index contributed by atoms with van der Waals surface area (Å²) in [7, 11) is 0. The number of thiophene rings is 1. The fourth-order valence-corrected chi connectivity index (χ4v) is 5.79. The predicted octanol–water partition coefficient (Wildman–Crippen LogP) is 3.53. The van der Waals surface area contributed by atoms with Crippen molar-refractivity contribution in [2.24, 2.45) is 0 Å². The van der Waals surface area contributed by atoms with E-state index in [1.54, 1.807) is 16.4 Å². The smallest absolute Gasteiger partial charge is 0.332 e. The van der Waals surface area contributed by atoms with Crippen LogP contribution >= 0.6 is 11.3 Å². The molecule has 2 aromatic heterocycles. The number of aryl methyl sites for hydroxylation is 1. The number of amides is 1. The van der Waals surface area contributed by atoms with Gasteiger partial charge in [-0.1, -0.05) is 60.2 Å². The topological polar surface area (TPSA) is 64.3 Å². The standard InChI is InChI=1S/C26H25N3O3S/c1-17-8-10-20(11-9-17)15-29-25-23(21-12-13-27(18(2)30)16-22(21)33-25)24(31)28(26(29)32)14-19-6-4-3-5-7-19/h3-11H,12-16H2,1-2H3. The van der Waals surface area contributed by atoms with Gasteiger partial charge in [0, 0.05) is 18.3 Å². The van der Waals surface area contributed by atoms with Crippen LogP contribution in [0.25, 0.3) is 10.2 Å². The zero-order chi connectivity index (χ0) is 23.1. The van der Waals surface area contributed by atoms with Gasteiger partial charge in [-0.25, -0.2) is 4.79 Å². The molecule has 1 amide bonds. The molecule has 3 heterocycles. The first-order valence-corrected chi connectivity index (χ1v) is 11.9. The minimum atomic E-state index is -0.307. The molecule has 0 saturated heterocycles. The molecule has 6 nitrogen and oxygen atoms in total. The number of nitrogens with zero attached hydrogens (tertiary/aromatic N) is 3. The van der Waals surface area contributed by atoms with Crippen molar-refractivity contribution < 1.29 is 4.79 Å². The van der Waals surface area contributed by atoms with Gasteiger partial charge in [-0.3, -0.25) is 18.7 Å². The minimum absolute atomic E-state index is 0.0247. The first kappa shape index (κ1) is 21.4. The lowest BCUT2D eigenvalue weighted by Gasteiger charge is -2.25. The van der Waals surface area contributed by atoms with Gasteiger partial charge in [-0.05, 0) is 30.0 Å². The summed E-state index contributed by atoms with van der Waals surface area (Å²) in [6, 6.07) is 17.7. The Labute approximate surface area is 195 Å². The number of carbonyl (C=O) groups is 1. The number of benzene rings is 2. The van der Waals surface area contributed by atoms with Crippen LogP contribution in [0.15, 0.2) is 64.2 Å². The molecule has 168 valence electrons. The molecule has 4 aromatic rings. The average Bonchev–Trinajstić information content (AvgIpc) is 3.20. The van der Waals surface area contributed by atoms with Crippen LogP contribution in [0.4, 0.5) is 0 Å². The van der Waals surface area contributed by atoms with Crippen molar-refractivity contribution in [3.05, 3.63) is 103 Å². The molecule has 0 unspecified atom stereocenters. The first-order chi connectivity index (χ1) is 15.9. The summed E-state index contributed by atoms with van der Waals surface area (Å²) in [6.45, 7) is 5.29. The molecule has 2 aromatic carbocycles. The van der Waals surface area contributed by atoms with Gasteiger partial charge in [-0.15, -0.1) is 11.3 Å². The third-order valence-corrected chi connectivity index (χ3v) is 7.53. The maximum atomic E-state index is 13.6. The Balaban J connectivity index is 1.72. The summed E-state index contributed by atoms with van der Waals surface area (Å²) in [5.41, 5.74) is 3.50. The van der Waals surface area contributed by atoms with Gasteiger partial charge < -0.3 is 4.90 Å². The van der Waals surface area contributed by atoms with E-state index in [9.17, 15) is 14.4 Å². The Morgan fingerprint density at radius 1 is 0.939 bits per heavy atom. The summed E-state index contributed by atoms with van der Waals surface area (Å²) >= 11 is 1.47. The van der Waals surface area contributed by atoms with E-state index in [0.29, 0.717) is 36.3 Å². The van der Waals surface area contributed by atoms with Crippen molar-refractivity contribution in [1.29, 1.82) is 0 Å². The third-order valence-electron chi connectivity index (χ3n) is 6.29. The zero-order valence-corrected chi connectivity index (χ0v) is 19.5. The SMILES string of the molecule is CC(=O)N1CCc2c(sc3c2c(=O)n(Cc2ccccc2)c(=O)n3Cc2ccc(C)cc2)C1. The Morgan fingerprint density at radius 3 is 2.30 bits per heavy atom. The molecule has 5 rings (SSSR count). The molecule has 0 aliphatic carbocycles. The number of carbonyl (C=O) groups excluding carboxylic acids is 1. The van der Waals surface area contributed by atoms with E-state index in [1.165, 1.54) is 15.9 Å². The highest BCUT2D eigenvalue weighted by molar-refractivity contribution is 7.18. The Bertz CT molecular complexity index is 1460. The van der Waals surface area contributed by atoms with Crippen LogP contribution in [0.3, 0.4) is 0 Å². The van der Waals surface area contributed by atoms with E-state index in [0.717, 1.165) is 27.1 Å². The van der Waals surface area contributed by atoms with Crippen LogP contribution in [0, 0.1) is 6.92 Å².